The van der Waals surface area contributed by atoms with Gasteiger partial charge in [0.05, 0.1) is 6.61 Å². The van der Waals surface area contributed by atoms with Gasteiger partial charge in [0, 0.05) is 20.2 Å². The van der Waals surface area contributed by atoms with Crippen molar-refractivity contribution in [2.24, 2.45) is 5.92 Å². The Kier molecular flexibility index (Phi) is 5.53. The second-order valence-electron chi connectivity index (χ2n) is 4.50. The van der Waals surface area contributed by atoms with E-state index in [1.807, 2.05) is 13.8 Å². The first-order chi connectivity index (χ1) is 8.88. The third-order valence-electron chi connectivity index (χ3n) is 2.44. The molecule has 0 N–H and O–H groups in total. The van der Waals surface area contributed by atoms with Crippen LogP contribution in [0.3, 0.4) is 0 Å². The van der Waals surface area contributed by atoms with Gasteiger partial charge in [-0.1, -0.05) is 13.8 Å². The molecule has 0 unspecified atom stereocenters. The van der Waals surface area contributed by atoms with Gasteiger partial charge < -0.3 is 9.64 Å². The Balaban J connectivity index is 3.20. The molecule has 3 nitrogen and oxygen atoms in total. The molecule has 108 valence electrons. The molecule has 1 rings (SSSR count). The van der Waals surface area contributed by atoms with E-state index in [4.69, 9.17) is 4.74 Å². The lowest BCUT2D eigenvalue weighted by atomic mass is 10.2. The maximum absolute atomic E-state index is 13.6. The zero-order valence-corrected chi connectivity index (χ0v) is 11.0. The molecular formula is C12H16F4N2O. The maximum Gasteiger partial charge on any atom is 0.253 e. The molecule has 0 amide bonds. The quantitative estimate of drug-likeness (QED) is 0.592. The SMILES string of the molecule is COCCN(CC(C)C)c1c(F)c(F)nc(F)c1F. The van der Waals surface area contributed by atoms with Crippen molar-refractivity contribution in [3.05, 3.63) is 23.5 Å². The maximum atomic E-state index is 13.6. The number of hydrogen-bond donors (Lipinski definition) is 0. The molecule has 0 atom stereocenters. The molecule has 19 heavy (non-hydrogen) atoms. The molecule has 0 saturated carbocycles. The summed E-state index contributed by atoms with van der Waals surface area (Å²) in [6.07, 6.45) is 0. The van der Waals surface area contributed by atoms with Gasteiger partial charge in [0.25, 0.3) is 11.9 Å². The summed E-state index contributed by atoms with van der Waals surface area (Å²) in [5.41, 5.74) is -0.740. The number of aromatic nitrogens is 1. The summed E-state index contributed by atoms with van der Waals surface area (Å²) < 4.78 is 58.3. The van der Waals surface area contributed by atoms with E-state index in [0.717, 1.165) is 0 Å². The molecule has 0 aliphatic carbocycles. The zero-order chi connectivity index (χ0) is 14.6. The smallest absolute Gasteiger partial charge is 0.253 e. The number of ether oxygens (including phenoxy) is 1. The van der Waals surface area contributed by atoms with Crippen molar-refractivity contribution in [1.82, 2.24) is 4.98 Å². The summed E-state index contributed by atoms with van der Waals surface area (Å²) >= 11 is 0. The van der Waals surface area contributed by atoms with Crippen molar-refractivity contribution in [3.63, 3.8) is 0 Å². The predicted molar refractivity (Wildman–Crippen MR) is 63.0 cm³/mol. The highest BCUT2D eigenvalue weighted by Gasteiger charge is 2.25. The van der Waals surface area contributed by atoms with Crippen LogP contribution >= 0.6 is 0 Å². The summed E-state index contributed by atoms with van der Waals surface area (Å²) in [7, 11) is 1.42. The molecule has 0 spiro atoms. The van der Waals surface area contributed by atoms with E-state index in [1.54, 1.807) is 0 Å². The molecule has 0 aliphatic rings. The van der Waals surface area contributed by atoms with Gasteiger partial charge >= 0.3 is 0 Å². The highest BCUT2D eigenvalue weighted by atomic mass is 19.2. The monoisotopic (exact) mass is 280 g/mol. The second-order valence-corrected chi connectivity index (χ2v) is 4.50. The van der Waals surface area contributed by atoms with E-state index < -0.39 is 29.2 Å². The number of hydrogen-bond acceptors (Lipinski definition) is 3. The van der Waals surface area contributed by atoms with Gasteiger partial charge in [-0.25, -0.2) is 0 Å². The number of anilines is 1. The second kappa shape index (κ2) is 6.70. The molecule has 0 aromatic carbocycles. The first kappa shape index (κ1) is 15.7. The number of nitrogens with zero attached hydrogens (tertiary/aromatic N) is 2. The van der Waals surface area contributed by atoms with Gasteiger partial charge in [-0.3, -0.25) is 0 Å². The van der Waals surface area contributed by atoms with Crippen LogP contribution in [0.1, 0.15) is 13.8 Å². The lowest BCUT2D eigenvalue weighted by molar-refractivity contribution is 0.204. The Labute approximate surface area is 109 Å². The van der Waals surface area contributed by atoms with E-state index in [1.165, 1.54) is 12.0 Å². The van der Waals surface area contributed by atoms with Gasteiger partial charge in [0.15, 0.2) is 0 Å². The minimum atomic E-state index is -1.65. The molecule has 1 heterocycles. The first-order valence-electron chi connectivity index (χ1n) is 5.82. The Hall–Kier alpha value is -1.37. The Bertz CT molecular complexity index is 414. The summed E-state index contributed by atoms with van der Waals surface area (Å²) in [5.74, 6) is -6.23. The molecule has 0 bridgehead atoms. The first-order valence-corrected chi connectivity index (χ1v) is 5.82. The fourth-order valence-corrected chi connectivity index (χ4v) is 1.69. The van der Waals surface area contributed by atoms with Crippen LogP contribution in [0, 0.1) is 29.4 Å². The van der Waals surface area contributed by atoms with Crippen LogP contribution in [0.4, 0.5) is 23.2 Å². The number of rotatable bonds is 6. The van der Waals surface area contributed by atoms with E-state index in [0.29, 0.717) is 0 Å². The van der Waals surface area contributed by atoms with Gasteiger partial charge in [0.1, 0.15) is 5.69 Å². The molecular weight excluding hydrogens is 264 g/mol. The summed E-state index contributed by atoms with van der Waals surface area (Å²) in [5, 5.41) is 0. The van der Waals surface area contributed by atoms with E-state index in [-0.39, 0.29) is 25.6 Å². The van der Waals surface area contributed by atoms with Crippen molar-refractivity contribution in [2.45, 2.75) is 13.8 Å². The third-order valence-corrected chi connectivity index (χ3v) is 2.44. The lowest BCUT2D eigenvalue weighted by Gasteiger charge is -2.27. The Morgan fingerprint density at radius 2 is 1.63 bits per heavy atom. The van der Waals surface area contributed by atoms with Crippen LogP contribution in [-0.4, -0.2) is 31.8 Å². The minimum absolute atomic E-state index is 0.0509. The van der Waals surface area contributed by atoms with E-state index >= 15 is 0 Å². The largest absolute Gasteiger partial charge is 0.383 e. The predicted octanol–water partition coefficient (Wildman–Crippen LogP) is 2.75. The summed E-state index contributed by atoms with van der Waals surface area (Å²) in [6, 6.07) is 0. The molecule has 1 aromatic rings. The average molecular weight is 280 g/mol. The van der Waals surface area contributed by atoms with Crippen LogP contribution < -0.4 is 4.90 Å². The van der Waals surface area contributed by atoms with Crippen molar-refractivity contribution < 1.29 is 22.3 Å². The topological polar surface area (TPSA) is 25.4 Å². The minimum Gasteiger partial charge on any atom is -0.383 e. The highest BCUT2D eigenvalue weighted by molar-refractivity contribution is 5.48. The van der Waals surface area contributed by atoms with Crippen LogP contribution in [0.25, 0.3) is 0 Å². The molecule has 7 heteroatoms. The van der Waals surface area contributed by atoms with Gasteiger partial charge in [-0.05, 0) is 5.92 Å². The molecule has 0 fully saturated rings. The molecule has 0 aliphatic heterocycles. The summed E-state index contributed by atoms with van der Waals surface area (Å²) in [6.45, 7) is 4.18. The van der Waals surface area contributed by atoms with Gasteiger partial charge in [0.2, 0.25) is 11.6 Å². The van der Waals surface area contributed by atoms with Gasteiger partial charge in [-0.15, -0.1) is 0 Å². The fraction of sp³-hybridized carbons (Fsp3) is 0.583. The fourth-order valence-electron chi connectivity index (χ4n) is 1.69. The molecule has 0 saturated heterocycles. The van der Waals surface area contributed by atoms with Crippen molar-refractivity contribution in [1.29, 1.82) is 0 Å². The van der Waals surface area contributed by atoms with Crippen LogP contribution in [0.5, 0.6) is 0 Å². The van der Waals surface area contributed by atoms with Crippen LogP contribution in [0.2, 0.25) is 0 Å². The van der Waals surface area contributed by atoms with Crippen LogP contribution in [0.15, 0.2) is 0 Å². The Morgan fingerprint density at radius 1 is 1.11 bits per heavy atom. The average Bonchev–Trinajstić information content (AvgIpc) is 2.33. The lowest BCUT2D eigenvalue weighted by Crippen LogP contribution is -2.33. The third kappa shape index (κ3) is 3.79. The normalized spacial score (nSPS) is 11.2. The molecule has 0 radical (unpaired) electrons. The van der Waals surface area contributed by atoms with Crippen molar-refractivity contribution >= 4 is 5.69 Å². The van der Waals surface area contributed by atoms with E-state index in [2.05, 4.69) is 4.98 Å². The van der Waals surface area contributed by atoms with Crippen molar-refractivity contribution in [3.8, 4) is 0 Å². The Morgan fingerprint density at radius 3 is 2.05 bits per heavy atom. The zero-order valence-electron chi connectivity index (χ0n) is 11.0. The number of halogens is 4. The van der Waals surface area contributed by atoms with Crippen molar-refractivity contribution in [2.75, 3.05) is 31.7 Å². The van der Waals surface area contributed by atoms with Gasteiger partial charge in [-0.2, -0.15) is 22.5 Å². The molecule has 1 aromatic heterocycles. The van der Waals surface area contributed by atoms with E-state index in [9.17, 15) is 17.6 Å². The van der Waals surface area contributed by atoms with Crippen LogP contribution in [-0.2, 0) is 4.74 Å². The highest BCUT2D eigenvalue weighted by Crippen LogP contribution is 2.26. The summed E-state index contributed by atoms with van der Waals surface area (Å²) in [4.78, 5) is 3.75. The number of methoxy groups -OCH3 is 1. The standard InChI is InChI=1S/C12H16F4N2O/c1-7(2)6-18(4-5-19-3)10-8(13)11(15)17-12(16)9(10)14/h7H,4-6H2,1-3H3. The number of pyridine rings is 1.